The van der Waals surface area contributed by atoms with Crippen LogP contribution in [0.4, 0.5) is 0 Å². The molecule has 0 saturated carbocycles. The topological polar surface area (TPSA) is 118 Å². The maximum absolute atomic E-state index is 11.5. The Bertz CT molecular complexity index is 442. The number of rotatable bonds is 13. The van der Waals surface area contributed by atoms with Gasteiger partial charge in [-0.1, -0.05) is 51.9 Å². The molecule has 2 N–H and O–H groups in total. The molecule has 7 nitrogen and oxygen atoms in total. The van der Waals surface area contributed by atoms with Gasteiger partial charge in [0.1, 0.15) is 0 Å². The molecule has 0 heterocycles. The second-order valence-electron chi connectivity index (χ2n) is 5.24. The van der Waals surface area contributed by atoms with E-state index in [1.165, 1.54) is 25.7 Å². The fourth-order valence-electron chi connectivity index (χ4n) is 1.97. The second-order valence-corrected chi connectivity index (χ2v) is 6.84. The Labute approximate surface area is 161 Å². The summed E-state index contributed by atoms with van der Waals surface area (Å²) >= 11 is 0. The van der Waals surface area contributed by atoms with Gasteiger partial charge in [0.05, 0.1) is 13.0 Å². The SMILES string of the molecule is CCCCCCCCCCOC(=O)C(CC(=O)O)S(=O)(=O)O.[H-].[Na+]. The molecule has 0 aromatic rings. The summed E-state index contributed by atoms with van der Waals surface area (Å²) in [5.41, 5.74) is 0. The summed E-state index contributed by atoms with van der Waals surface area (Å²) in [5.74, 6) is -2.71. The molecule has 23 heavy (non-hydrogen) atoms. The maximum atomic E-state index is 11.5. The van der Waals surface area contributed by atoms with E-state index in [9.17, 15) is 18.0 Å². The van der Waals surface area contributed by atoms with E-state index < -0.39 is 33.7 Å². The van der Waals surface area contributed by atoms with Crippen LogP contribution in [-0.2, 0) is 24.4 Å². The summed E-state index contributed by atoms with van der Waals surface area (Å²) in [6.45, 7) is 2.18. The average Bonchev–Trinajstić information content (AvgIpc) is 2.41. The Hall–Kier alpha value is -0.150. The van der Waals surface area contributed by atoms with Gasteiger partial charge in [0.25, 0.3) is 10.1 Å². The van der Waals surface area contributed by atoms with Gasteiger partial charge in [-0.3, -0.25) is 14.1 Å². The molecule has 0 rings (SSSR count). The fourth-order valence-corrected chi connectivity index (χ4v) is 2.63. The van der Waals surface area contributed by atoms with Gasteiger partial charge in [-0.15, -0.1) is 0 Å². The van der Waals surface area contributed by atoms with Crippen molar-refractivity contribution in [1.82, 2.24) is 0 Å². The molecule has 0 fully saturated rings. The molecule has 0 radical (unpaired) electrons. The molecular weight excluding hydrogens is 335 g/mol. The molecule has 0 aromatic heterocycles. The van der Waals surface area contributed by atoms with Crippen LogP contribution in [0.2, 0.25) is 0 Å². The van der Waals surface area contributed by atoms with E-state index in [2.05, 4.69) is 6.92 Å². The van der Waals surface area contributed by atoms with Gasteiger partial charge >= 0.3 is 41.5 Å². The Balaban J connectivity index is -0.00000220. The van der Waals surface area contributed by atoms with Crippen LogP contribution < -0.4 is 29.6 Å². The fraction of sp³-hybridized carbons (Fsp3) is 0.857. The molecule has 9 heteroatoms. The summed E-state index contributed by atoms with van der Waals surface area (Å²) in [5, 5.41) is 6.49. The van der Waals surface area contributed by atoms with Crippen molar-refractivity contribution in [2.75, 3.05) is 6.61 Å². The summed E-state index contributed by atoms with van der Waals surface area (Å²) in [6, 6.07) is 0. The van der Waals surface area contributed by atoms with Crippen LogP contribution in [0.5, 0.6) is 0 Å². The first-order chi connectivity index (χ1) is 10.3. The zero-order valence-electron chi connectivity index (χ0n) is 15.0. The van der Waals surface area contributed by atoms with Gasteiger partial charge in [0, 0.05) is 0 Å². The Morgan fingerprint density at radius 1 is 1.04 bits per heavy atom. The third kappa shape index (κ3) is 13.9. The van der Waals surface area contributed by atoms with E-state index >= 15 is 0 Å². The second kappa shape index (κ2) is 14.2. The number of hydrogen-bond donors (Lipinski definition) is 2. The van der Waals surface area contributed by atoms with Gasteiger partial charge in [-0.2, -0.15) is 8.42 Å². The molecule has 1 atom stereocenters. The largest absolute Gasteiger partial charge is 1.00 e. The van der Waals surface area contributed by atoms with E-state index in [1.54, 1.807) is 0 Å². The molecular formula is C14H27NaO7S. The zero-order chi connectivity index (χ0) is 17.0. The van der Waals surface area contributed by atoms with E-state index in [0.29, 0.717) is 6.42 Å². The molecule has 0 aliphatic rings. The minimum Gasteiger partial charge on any atom is -1.00 e. The van der Waals surface area contributed by atoms with E-state index in [0.717, 1.165) is 19.3 Å². The number of carboxylic acids is 1. The van der Waals surface area contributed by atoms with Crippen molar-refractivity contribution in [3.05, 3.63) is 0 Å². The van der Waals surface area contributed by atoms with Crippen molar-refractivity contribution in [3.63, 3.8) is 0 Å². The molecule has 0 aliphatic carbocycles. The first kappa shape index (κ1) is 25.1. The van der Waals surface area contributed by atoms with Crippen molar-refractivity contribution in [3.8, 4) is 0 Å². The standard InChI is InChI=1S/C14H26O7S.Na.H/c1-2-3-4-5-6-7-8-9-10-21-14(17)12(11-13(15)16)22(18,19)20;;/h12H,2-11H2,1H3,(H,15,16)(H,18,19,20);;/q;+1;-1. The normalized spacial score (nSPS) is 12.3. The molecule has 0 amide bonds. The third-order valence-electron chi connectivity index (χ3n) is 3.22. The van der Waals surface area contributed by atoms with Gasteiger partial charge < -0.3 is 11.3 Å². The first-order valence-electron chi connectivity index (χ1n) is 7.63. The van der Waals surface area contributed by atoms with E-state index in [4.69, 9.17) is 14.4 Å². The van der Waals surface area contributed by atoms with Crippen molar-refractivity contribution in [1.29, 1.82) is 0 Å². The molecule has 132 valence electrons. The number of unbranched alkanes of at least 4 members (excludes halogenated alkanes) is 7. The number of carbonyl (C=O) groups excluding carboxylic acids is 1. The molecule has 0 aromatic carbocycles. The Morgan fingerprint density at radius 2 is 1.52 bits per heavy atom. The van der Waals surface area contributed by atoms with Crippen molar-refractivity contribution >= 4 is 22.1 Å². The minimum absolute atomic E-state index is 0. The summed E-state index contributed by atoms with van der Waals surface area (Å²) < 4.78 is 35.5. The first-order valence-corrected chi connectivity index (χ1v) is 9.14. The smallest absolute Gasteiger partial charge is 1.00 e. The Kier molecular flexibility index (Phi) is 15.5. The van der Waals surface area contributed by atoms with Gasteiger partial charge in [0.15, 0.2) is 5.25 Å². The number of carbonyl (C=O) groups is 2. The monoisotopic (exact) mass is 362 g/mol. The summed E-state index contributed by atoms with van der Waals surface area (Å²) in [6.07, 6.45) is 7.39. The van der Waals surface area contributed by atoms with E-state index in [1.807, 2.05) is 0 Å². The number of aliphatic carboxylic acids is 1. The van der Waals surface area contributed by atoms with E-state index in [-0.39, 0.29) is 37.6 Å². The van der Waals surface area contributed by atoms with Crippen LogP contribution in [0.15, 0.2) is 0 Å². The van der Waals surface area contributed by atoms with Crippen LogP contribution >= 0.6 is 0 Å². The minimum atomic E-state index is -4.77. The predicted octanol–water partition coefficient (Wildman–Crippen LogP) is -0.482. The number of ether oxygens (including phenoxy) is 1. The van der Waals surface area contributed by atoms with Crippen LogP contribution in [0.1, 0.15) is 66.1 Å². The number of esters is 1. The van der Waals surface area contributed by atoms with Crippen LogP contribution in [0.25, 0.3) is 0 Å². The van der Waals surface area contributed by atoms with Crippen molar-refractivity contribution in [2.24, 2.45) is 0 Å². The molecule has 0 bridgehead atoms. The summed E-state index contributed by atoms with van der Waals surface area (Å²) in [4.78, 5) is 22.0. The van der Waals surface area contributed by atoms with Crippen molar-refractivity contribution < 1.29 is 63.4 Å². The van der Waals surface area contributed by atoms with Gasteiger partial charge in [-0.05, 0) is 6.42 Å². The molecule has 0 aliphatic heterocycles. The number of hydrogen-bond acceptors (Lipinski definition) is 5. The van der Waals surface area contributed by atoms with Crippen LogP contribution in [0.3, 0.4) is 0 Å². The maximum Gasteiger partial charge on any atom is 1.00 e. The molecule has 0 saturated heterocycles. The number of carboxylic acid groups (broad SMARTS) is 1. The zero-order valence-corrected chi connectivity index (χ0v) is 16.8. The predicted molar refractivity (Wildman–Crippen MR) is 82.3 cm³/mol. The van der Waals surface area contributed by atoms with Crippen LogP contribution in [-0.4, -0.2) is 41.9 Å². The van der Waals surface area contributed by atoms with Crippen LogP contribution in [0, 0.1) is 0 Å². The van der Waals surface area contributed by atoms with Gasteiger partial charge in [-0.25, -0.2) is 0 Å². The molecule has 1 unspecified atom stereocenters. The molecule has 0 spiro atoms. The van der Waals surface area contributed by atoms with Crippen molar-refractivity contribution in [2.45, 2.75) is 70.0 Å². The van der Waals surface area contributed by atoms with Gasteiger partial charge in [0.2, 0.25) is 0 Å². The average molecular weight is 362 g/mol. The quantitative estimate of drug-likeness (QED) is 0.197. The Morgan fingerprint density at radius 3 is 1.96 bits per heavy atom. The third-order valence-corrected chi connectivity index (χ3v) is 4.30. The summed E-state index contributed by atoms with van der Waals surface area (Å²) in [7, 11) is -4.77.